The first kappa shape index (κ1) is 15.1. The second-order valence-electron chi connectivity index (χ2n) is 4.15. The van der Waals surface area contributed by atoms with Crippen LogP contribution in [0.15, 0.2) is 36.4 Å². The zero-order chi connectivity index (χ0) is 15.4. The van der Waals surface area contributed by atoms with Gasteiger partial charge in [0.15, 0.2) is 11.5 Å². The zero-order valence-corrected chi connectivity index (χ0v) is 12.0. The van der Waals surface area contributed by atoms with Crippen LogP contribution in [0.2, 0.25) is 5.02 Å². The largest absolute Gasteiger partial charge is 0.493 e. The number of benzene rings is 2. The third kappa shape index (κ3) is 3.42. The number of hydrogen-bond acceptors (Lipinski definition) is 5. The van der Waals surface area contributed by atoms with Crippen LogP contribution >= 0.6 is 11.6 Å². The van der Waals surface area contributed by atoms with Gasteiger partial charge in [-0.25, -0.2) is 0 Å². The van der Waals surface area contributed by atoms with E-state index in [-0.39, 0.29) is 18.0 Å². The molecule has 0 spiro atoms. The Kier molecular flexibility index (Phi) is 4.62. The van der Waals surface area contributed by atoms with Gasteiger partial charge in [0.25, 0.3) is 5.69 Å². The number of hydrogen-bond donors (Lipinski definition) is 1. The minimum absolute atomic E-state index is 0.0953. The van der Waals surface area contributed by atoms with Crippen LogP contribution in [-0.2, 0) is 6.54 Å². The SMILES string of the molecule is COc1ccc([N+](=O)[O-])cc1Oc1cc(Cl)ccc1CN. The standard InChI is InChI=1S/C14H13ClN2O4/c1-20-12-5-4-11(17(18)19)7-14(12)21-13-6-10(15)3-2-9(13)8-16/h2-7H,8,16H2,1H3. The van der Waals surface area contributed by atoms with Crippen LogP contribution in [0.3, 0.4) is 0 Å². The number of halogens is 1. The van der Waals surface area contributed by atoms with E-state index < -0.39 is 4.92 Å². The summed E-state index contributed by atoms with van der Waals surface area (Å²) in [5, 5.41) is 11.3. The number of nitro groups is 1. The molecule has 0 aliphatic carbocycles. The van der Waals surface area contributed by atoms with E-state index in [1.54, 1.807) is 18.2 Å². The molecule has 2 aromatic carbocycles. The van der Waals surface area contributed by atoms with Crippen molar-refractivity contribution in [1.29, 1.82) is 0 Å². The molecule has 2 aromatic rings. The Morgan fingerprint density at radius 1 is 1.19 bits per heavy atom. The maximum absolute atomic E-state index is 10.9. The van der Waals surface area contributed by atoms with Crippen LogP contribution in [-0.4, -0.2) is 12.0 Å². The topological polar surface area (TPSA) is 87.6 Å². The molecule has 110 valence electrons. The molecule has 6 nitrogen and oxygen atoms in total. The second kappa shape index (κ2) is 6.43. The Bertz CT molecular complexity index is 676. The second-order valence-corrected chi connectivity index (χ2v) is 4.59. The highest BCUT2D eigenvalue weighted by Gasteiger charge is 2.14. The highest BCUT2D eigenvalue weighted by Crippen LogP contribution is 2.36. The molecule has 0 aliphatic rings. The molecule has 7 heteroatoms. The van der Waals surface area contributed by atoms with Gasteiger partial charge < -0.3 is 15.2 Å². The van der Waals surface area contributed by atoms with Crippen molar-refractivity contribution in [3.05, 3.63) is 57.1 Å². The minimum atomic E-state index is -0.506. The number of ether oxygens (including phenoxy) is 2. The van der Waals surface area contributed by atoms with Gasteiger partial charge in [-0.05, 0) is 18.2 Å². The molecule has 21 heavy (non-hydrogen) atoms. The highest BCUT2D eigenvalue weighted by atomic mass is 35.5. The van der Waals surface area contributed by atoms with Crippen LogP contribution in [0.4, 0.5) is 5.69 Å². The third-order valence-corrected chi connectivity index (χ3v) is 3.06. The molecule has 0 amide bonds. The summed E-state index contributed by atoms with van der Waals surface area (Å²) in [5.41, 5.74) is 6.27. The van der Waals surface area contributed by atoms with Crippen molar-refractivity contribution in [1.82, 2.24) is 0 Å². The van der Waals surface area contributed by atoms with Gasteiger partial charge in [0, 0.05) is 23.2 Å². The number of methoxy groups -OCH3 is 1. The number of nitrogens with two attached hydrogens (primary N) is 1. The molecule has 0 radical (unpaired) electrons. The van der Waals surface area contributed by atoms with E-state index in [4.69, 9.17) is 26.8 Å². The van der Waals surface area contributed by atoms with Crippen LogP contribution < -0.4 is 15.2 Å². The molecule has 0 saturated carbocycles. The van der Waals surface area contributed by atoms with Crippen molar-refractivity contribution < 1.29 is 14.4 Å². The average Bonchev–Trinajstić information content (AvgIpc) is 2.47. The quantitative estimate of drug-likeness (QED) is 0.674. The molecule has 2 rings (SSSR count). The van der Waals surface area contributed by atoms with E-state index in [0.717, 1.165) is 5.56 Å². The molecular formula is C14H13ClN2O4. The van der Waals surface area contributed by atoms with Gasteiger partial charge in [-0.3, -0.25) is 10.1 Å². The first-order valence-electron chi connectivity index (χ1n) is 6.04. The maximum Gasteiger partial charge on any atom is 0.273 e. The molecule has 0 atom stereocenters. The van der Waals surface area contributed by atoms with Crippen molar-refractivity contribution in [3.63, 3.8) is 0 Å². The fourth-order valence-electron chi connectivity index (χ4n) is 1.77. The van der Waals surface area contributed by atoms with Crippen molar-refractivity contribution in [2.24, 2.45) is 5.73 Å². The van der Waals surface area contributed by atoms with E-state index in [1.807, 2.05) is 0 Å². The first-order valence-corrected chi connectivity index (χ1v) is 6.41. The third-order valence-electron chi connectivity index (χ3n) is 2.83. The summed E-state index contributed by atoms with van der Waals surface area (Å²) in [6.45, 7) is 0.254. The van der Waals surface area contributed by atoms with Gasteiger partial charge in [-0.2, -0.15) is 0 Å². The van der Waals surface area contributed by atoms with Crippen LogP contribution in [0.1, 0.15) is 5.56 Å². The highest BCUT2D eigenvalue weighted by molar-refractivity contribution is 6.30. The predicted molar refractivity (Wildman–Crippen MR) is 79.1 cm³/mol. The van der Waals surface area contributed by atoms with E-state index in [1.165, 1.54) is 25.3 Å². The molecule has 0 saturated heterocycles. The lowest BCUT2D eigenvalue weighted by Crippen LogP contribution is -2.00. The monoisotopic (exact) mass is 308 g/mol. The lowest BCUT2D eigenvalue weighted by atomic mass is 10.2. The Hall–Kier alpha value is -2.31. The molecule has 0 bridgehead atoms. The van der Waals surface area contributed by atoms with Gasteiger partial charge >= 0.3 is 0 Å². The molecule has 0 unspecified atom stereocenters. The summed E-state index contributed by atoms with van der Waals surface area (Å²) in [6, 6.07) is 9.14. The molecule has 2 N–H and O–H groups in total. The molecule has 0 aliphatic heterocycles. The summed E-state index contributed by atoms with van der Waals surface area (Å²) in [4.78, 5) is 10.3. The zero-order valence-electron chi connectivity index (χ0n) is 11.2. The fraction of sp³-hybridized carbons (Fsp3) is 0.143. The Labute approximate surface area is 126 Å². The van der Waals surface area contributed by atoms with Gasteiger partial charge in [0.05, 0.1) is 18.1 Å². The smallest absolute Gasteiger partial charge is 0.273 e. The number of nitro benzene ring substituents is 1. The van der Waals surface area contributed by atoms with Crippen molar-refractivity contribution in [3.8, 4) is 17.2 Å². The van der Waals surface area contributed by atoms with Crippen LogP contribution in [0, 0.1) is 10.1 Å². The number of rotatable bonds is 5. The Morgan fingerprint density at radius 3 is 2.57 bits per heavy atom. The van der Waals surface area contributed by atoms with Gasteiger partial charge in [-0.1, -0.05) is 17.7 Å². The Balaban J connectivity index is 2.44. The van der Waals surface area contributed by atoms with Gasteiger partial charge in [-0.15, -0.1) is 0 Å². The summed E-state index contributed by atoms with van der Waals surface area (Å²) in [6.07, 6.45) is 0. The summed E-state index contributed by atoms with van der Waals surface area (Å²) < 4.78 is 10.8. The van der Waals surface area contributed by atoms with Crippen molar-refractivity contribution in [2.45, 2.75) is 6.54 Å². The maximum atomic E-state index is 10.9. The average molecular weight is 309 g/mol. The van der Waals surface area contributed by atoms with Crippen LogP contribution in [0.5, 0.6) is 17.2 Å². The summed E-state index contributed by atoms with van der Waals surface area (Å²) in [7, 11) is 1.45. The number of non-ortho nitro benzene ring substituents is 1. The molecule has 0 heterocycles. The lowest BCUT2D eigenvalue weighted by molar-refractivity contribution is -0.384. The normalized spacial score (nSPS) is 10.2. The molecule has 0 aromatic heterocycles. The molecule has 0 fully saturated rings. The van der Waals surface area contributed by atoms with E-state index in [9.17, 15) is 10.1 Å². The minimum Gasteiger partial charge on any atom is -0.493 e. The summed E-state index contributed by atoms with van der Waals surface area (Å²) >= 11 is 5.94. The molecular weight excluding hydrogens is 296 g/mol. The van der Waals surface area contributed by atoms with Gasteiger partial charge in [0.2, 0.25) is 0 Å². The van der Waals surface area contributed by atoms with Gasteiger partial charge in [0.1, 0.15) is 5.75 Å². The summed E-state index contributed by atoms with van der Waals surface area (Å²) in [5.74, 6) is 1.04. The van der Waals surface area contributed by atoms with Crippen LogP contribution in [0.25, 0.3) is 0 Å². The Morgan fingerprint density at radius 2 is 1.95 bits per heavy atom. The number of nitrogens with zero attached hydrogens (tertiary/aromatic N) is 1. The van der Waals surface area contributed by atoms with E-state index in [0.29, 0.717) is 16.5 Å². The van der Waals surface area contributed by atoms with E-state index in [2.05, 4.69) is 0 Å². The first-order chi connectivity index (χ1) is 10.0. The van der Waals surface area contributed by atoms with Crippen molar-refractivity contribution >= 4 is 17.3 Å². The predicted octanol–water partition coefficient (Wildman–Crippen LogP) is 3.51. The fourth-order valence-corrected chi connectivity index (χ4v) is 1.93. The van der Waals surface area contributed by atoms with Crippen molar-refractivity contribution in [2.75, 3.05) is 7.11 Å². The lowest BCUT2D eigenvalue weighted by Gasteiger charge is -2.13. The van der Waals surface area contributed by atoms with E-state index >= 15 is 0 Å².